The van der Waals surface area contributed by atoms with Crippen LogP contribution in [-0.2, 0) is 16.4 Å². The van der Waals surface area contributed by atoms with E-state index in [1.165, 1.54) is 7.11 Å². The molecule has 1 aliphatic heterocycles. The Morgan fingerprint density at radius 2 is 1.93 bits per heavy atom. The molecule has 7 rings (SSSR count). The number of carbonyl (C=O) groups excluding carboxylic acids is 2. The van der Waals surface area contributed by atoms with Crippen LogP contribution < -0.4 is 20.5 Å². The number of halogens is 4. The molecule has 2 atom stereocenters. The highest BCUT2D eigenvalue weighted by Crippen LogP contribution is 2.49. The van der Waals surface area contributed by atoms with Crippen molar-refractivity contribution in [3.8, 4) is 22.8 Å². The van der Waals surface area contributed by atoms with Crippen LogP contribution in [0.3, 0.4) is 0 Å². The summed E-state index contributed by atoms with van der Waals surface area (Å²) < 4.78 is 69.3. The van der Waals surface area contributed by atoms with Gasteiger partial charge < -0.3 is 20.5 Å². The molecule has 2 amide bonds. The van der Waals surface area contributed by atoms with E-state index < -0.39 is 34.4 Å². The lowest BCUT2D eigenvalue weighted by Gasteiger charge is -2.22. The molecule has 0 radical (unpaired) electrons. The zero-order chi connectivity index (χ0) is 32.5. The SMILES string of the molecule is COc1cc(C(=O)NC[C@H](c2cc3c(c(-c4cc(C(F)(F)F)ccc4F)n2)OC[C@]3(C)C(N)=O)C2CC2)cc2cn(C3CC3)nc12. The highest BCUT2D eigenvalue weighted by molar-refractivity contribution is 6.00. The maximum Gasteiger partial charge on any atom is 0.416 e. The Balaban J connectivity index is 1.25. The summed E-state index contributed by atoms with van der Waals surface area (Å²) in [5, 5.41) is 8.37. The van der Waals surface area contributed by atoms with Crippen molar-refractivity contribution in [3.63, 3.8) is 0 Å². The number of hydrogen-bond donors (Lipinski definition) is 2. The smallest absolute Gasteiger partial charge is 0.416 e. The lowest BCUT2D eigenvalue weighted by atomic mass is 9.82. The van der Waals surface area contributed by atoms with E-state index in [1.807, 2.05) is 10.9 Å². The Morgan fingerprint density at radius 3 is 2.59 bits per heavy atom. The van der Waals surface area contributed by atoms with Gasteiger partial charge in [0.15, 0.2) is 0 Å². The summed E-state index contributed by atoms with van der Waals surface area (Å²) in [7, 11) is 1.52. The number of nitrogens with zero attached hydrogens (tertiary/aromatic N) is 3. The third-order valence-electron chi connectivity index (χ3n) is 9.23. The van der Waals surface area contributed by atoms with Crippen LogP contribution in [0.1, 0.15) is 71.7 Å². The van der Waals surface area contributed by atoms with E-state index in [2.05, 4.69) is 15.4 Å². The van der Waals surface area contributed by atoms with Crippen molar-refractivity contribution in [2.75, 3.05) is 20.3 Å². The molecule has 0 bridgehead atoms. The summed E-state index contributed by atoms with van der Waals surface area (Å²) in [6.07, 6.45) is 0.938. The number of fused-ring (bicyclic) bond motifs is 2. The number of hydrogen-bond acceptors (Lipinski definition) is 6. The number of aromatic nitrogens is 3. The Kier molecular flexibility index (Phi) is 6.98. The first kappa shape index (κ1) is 30.0. The first-order chi connectivity index (χ1) is 21.9. The summed E-state index contributed by atoms with van der Waals surface area (Å²) in [5.41, 5.74) is 4.56. The van der Waals surface area contributed by atoms with Crippen molar-refractivity contribution < 1.29 is 36.6 Å². The van der Waals surface area contributed by atoms with Crippen molar-refractivity contribution in [1.29, 1.82) is 0 Å². The minimum atomic E-state index is -4.73. The number of primary amides is 1. The van der Waals surface area contributed by atoms with Crippen LogP contribution in [-0.4, -0.2) is 46.8 Å². The van der Waals surface area contributed by atoms with Crippen LogP contribution in [0.15, 0.2) is 42.6 Å². The average molecular weight is 638 g/mol. The summed E-state index contributed by atoms with van der Waals surface area (Å²) >= 11 is 0. The van der Waals surface area contributed by atoms with Gasteiger partial charge in [-0.15, -0.1) is 0 Å². The number of ether oxygens (including phenoxy) is 2. The molecule has 9 nitrogen and oxygen atoms in total. The fraction of sp³-hybridized carbons (Fsp3) is 0.394. The molecule has 0 unspecified atom stereocenters. The zero-order valence-electron chi connectivity index (χ0n) is 25.1. The maximum absolute atomic E-state index is 15.2. The van der Waals surface area contributed by atoms with E-state index in [1.54, 1.807) is 25.1 Å². The molecular weight excluding hydrogens is 606 g/mol. The molecule has 4 aromatic rings. The fourth-order valence-corrected chi connectivity index (χ4v) is 6.11. The number of nitrogens with one attached hydrogen (secondary N) is 1. The van der Waals surface area contributed by atoms with Gasteiger partial charge in [0, 0.05) is 46.4 Å². The van der Waals surface area contributed by atoms with Gasteiger partial charge in [0.2, 0.25) is 5.91 Å². The van der Waals surface area contributed by atoms with Gasteiger partial charge in [-0.05, 0) is 74.9 Å². The standard InChI is InChI=1S/C33H31F4N5O4/c1-32(31(38)44)15-46-29-23(32)12-25(40-28(29)21-11-19(33(35,36)37)5-8-24(21)34)22(16-3-4-16)13-39-30(43)17-9-18-14-42(20-6-7-20)41-27(18)26(10-17)45-2/h5,8-12,14,16,20,22H,3-4,6-7,13,15H2,1-2H3,(H2,38,44)(H,39,43)/t22-,32-/m0/s1. The van der Waals surface area contributed by atoms with Gasteiger partial charge in [0.25, 0.3) is 5.91 Å². The first-order valence-electron chi connectivity index (χ1n) is 15.1. The number of alkyl halides is 3. The lowest BCUT2D eigenvalue weighted by Crippen LogP contribution is -2.40. The summed E-state index contributed by atoms with van der Waals surface area (Å²) in [6.45, 7) is 1.53. The largest absolute Gasteiger partial charge is 0.494 e. The molecule has 0 spiro atoms. The van der Waals surface area contributed by atoms with Crippen molar-refractivity contribution in [2.45, 2.75) is 56.2 Å². The van der Waals surface area contributed by atoms with Gasteiger partial charge >= 0.3 is 6.18 Å². The van der Waals surface area contributed by atoms with Gasteiger partial charge in [-0.1, -0.05) is 0 Å². The third kappa shape index (κ3) is 5.21. The Bertz CT molecular complexity index is 1900. The lowest BCUT2D eigenvalue weighted by molar-refractivity contribution is -0.137. The Morgan fingerprint density at radius 1 is 1.17 bits per heavy atom. The molecule has 13 heteroatoms. The highest BCUT2D eigenvalue weighted by atomic mass is 19.4. The van der Waals surface area contributed by atoms with Gasteiger partial charge in [0.05, 0.1) is 18.7 Å². The third-order valence-corrected chi connectivity index (χ3v) is 9.23. The van der Waals surface area contributed by atoms with Gasteiger partial charge in [-0.3, -0.25) is 14.3 Å². The van der Waals surface area contributed by atoms with Crippen molar-refractivity contribution in [3.05, 3.63) is 70.8 Å². The maximum atomic E-state index is 15.2. The molecule has 2 saturated carbocycles. The topological polar surface area (TPSA) is 121 Å². The summed E-state index contributed by atoms with van der Waals surface area (Å²) in [4.78, 5) is 30.7. The normalized spacial score (nSPS) is 19.9. The van der Waals surface area contributed by atoms with Crippen molar-refractivity contribution >= 4 is 22.7 Å². The number of amides is 2. The summed E-state index contributed by atoms with van der Waals surface area (Å²) in [5.74, 6) is -1.80. The number of nitrogens with two attached hydrogens (primary N) is 1. The van der Waals surface area contributed by atoms with Gasteiger partial charge in [-0.2, -0.15) is 18.3 Å². The number of carbonyl (C=O) groups is 2. The fourth-order valence-electron chi connectivity index (χ4n) is 6.11. The average Bonchev–Trinajstić information content (AvgIpc) is 3.96. The van der Waals surface area contributed by atoms with Crippen LogP contribution in [0, 0.1) is 11.7 Å². The molecule has 3 N–H and O–H groups in total. The number of pyridine rings is 1. The first-order valence-corrected chi connectivity index (χ1v) is 15.1. The van der Waals surface area contributed by atoms with E-state index in [0.717, 1.165) is 37.1 Å². The monoisotopic (exact) mass is 637 g/mol. The summed E-state index contributed by atoms with van der Waals surface area (Å²) in [6, 6.07) is 7.47. The number of rotatable bonds is 9. The highest BCUT2D eigenvalue weighted by Gasteiger charge is 2.45. The van der Waals surface area contributed by atoms with E-state index in [9.17, 15) is 22.8 Å². The molecule has 2 aromatic heterocycles. The molecular formula is C33H31F4N5O4. The molecule has 2 aromatic carbocycles. The predicted molar refractivity (Wildman–Crippen MR) is 159 cm³/mol. The van der Waals surface area contributed by atoms with Crippen LogP contribution in [0.2, 0.25) is 0 Å². The number of methoxy groups -OCH3 is 1. The van der Waals surface area contributed by atoms with E-state index in [-0.39, 0.29) is 42.3 Å². The van der Waals surface area contributed by atoms with Crippen LogP contribution in [0.5, 0.6) is 11.5 Å². The Hall–Kier alpha value is -4.68. The van der Waals surface area contributed by atoms with Crippen LogP contribution in [0.25, 0.3) is 22.2 Å². The second kappa shape index (κ2) is 10.7. The van der Waals surface area contributed by atoms with Crippen molar-refractivity contribution in [2.24, 2.45) is 11.7 Å². The minimum absolute atomic E-state index is 0.00833. The molecule has 46 heavy (non-hydrogen) atoms. The second-order valence-electron chi connectivity index (χ2n) is 12.6. The van der Waals surface area contributed by atoms with E-state index >= 15 is 4.39 Å². The molecule has 3 heterocycles. The van der Waals surface area contributed by atoms with E-state index in [4.69, 9.17) is 15.2 Å². The molecule has 3 aliphatic rings. The number of benzene rings is 2. The predicted octanol–water partition coefficient (Wildman–Crippen LogP) is 5.66. The Labute approximate surface area is 261 Å². The zero-order valence-corrected chi connectivity index (χ0v) is 25.1. The van der Waals surface area contributed by atoms with Crippen LogP contribution >= 0.6 is 0 Å². The van der Waals surface area contributed by atoms with Crippen LogP contribution in [0.4, 0.5) is 17.6 Å². The second-order valence-corrected chi connectivity index (χ2v) is 12.6. The van der Waals surface area contributed by atoms with Gasteiger partial charge in [-0.25, -0.2) is 9.37 Å². The quantitative estimate of drug-likeness (QED) is 0.229. The van der Waals surface area contributed by atoms with E-state index in [0.29, 0.717) is 46.3 Å². The van der Waals surface area contributed by atoms with Crippen molar-refractivity contribution in [1.82, 2.24) is 20.1 Å². The minimum Gasteiger partial charge on any atom is -0.494 e. The van der Waals surface area contributed by atoms with Gasteiger partial charge in [0.1, 0.15) is 40.5 Å². The molecule has 0 saturated heterocycles. The molecule has 240 valence electrons. The molecule has 2 aliphatic carbocycles. The molecule has 2 fully saturated rings.